The number of hydrogen-bond acceptors (Lipinski definition) is 5. The number of carbonyl (C=O) groups is 1. The Morgan fingerprint density at radius 3 is 2.55 bits per heavy atom. The Bertz CT molecular complexity index is 621. The van der Waals surface area contributed by atoms with Gasteiger partial charge in [0, 0.05) is 13.6 Å². The van der Waals surface area contributed by atoms with E-state index in [0.717, 1.165) is 11.3 Å². The number of hydrogen-bond donors (Lipinski definition) is 1. The molecule has 1 aromatic heterocycles. The van der Waals surface area contributed by atoms with Crippen molar-refractivity contribution in [1.82, 2.24) is 25.2 Å². The molecule has 0 radical (unpaired) electrons. The van der Waals surface area contributed by atoms with Crippen LogP contribution in [0.3, 0.4) is 0 Å². The van der Waals surface area contributed by atoms with Crippen LogP contribution in [0, 0.1) is 0 Å². The lowest BCUT2D eigenvalue weighted by Gasteiger charge is -2.25. The van der Waals surface area contributed by atoms with Crippen LogP contribution in [-0.2, 0) is 7.05 Å². The number of carbonyl (C=O) groups excluding carboxylic acids is 1. The van der Waals surface area contributed by atoms with Crippen molar-refractivity contribution in [3.8, 4) is 5.75 Å². The third kappa shape index (κ3) is 3.82. The maximum Gasteiger partial charge on any atom is 0.273 e. The van der Waals surface area contributed by atoms with E-state index in [2.05, 4.69) is 20.5 Å². The second-order valence-electron chi connectivity index (χ2n) is 5.24. The molecule has 1 heterocycles. The highest BCUT2D eigenvalue weighted by atomic mass is 16.5. The summed E-state index contributed by atoms with van der Waals surface area (Å²) < 4.78 is 6.67. The minimum Gasteiger partial charge on any atom is -0.497 e. The number of rotatable bonds is 6. The van der Waals surface area contributed by atoms with E-state index >= 15 is 0 Å². The summed E-state index contributed by atoms with van der Waals surface area (Å²) in [4.78, 5) is 14.1. The molecule has 0 saturated carbocycles. The van der Waals surface area contributed by atoms with Crippen molar-refractivity contribution in [3.05, 3.63) is 41.7 Å². The molecule has 7 heteroatoms. The summed E-state index contributed by atoms with van der Waals surface area (Å²) in [7, 11) is 7.32. The Hall–Kier alpha value is -2.41. The Balaban J connectivity index is 2.03. The average Bonchev–Trinajstić information content (AvgIpc) is 2.94. The van der Waals surface area contributed by atoms with E-state index in [1.807, 2.05) is 38.4 Å². The Labute approximate surface area is 129 Å². The van der Waals surface area contributed by atoms with Gasteiger partial charge in [-0.25, -0.2) is 0 Å². The third-order valence-corrected chi connectivity index (χ3v) is 3.42. The Morgan fingerprint density at radius 2 is 2.05 bits per heavy atom. The van der Waals surface area contributed by atoms with Gasteiger partial charge in [0.25, 0.3) is 5.91 Å². The van der Waals surface area contributed by atoms with Crippen molar-refractivity contribution >= 4 is 5.91 Å². The predicted molar refractivity (Wildman–Crippen MR) is 82.8 cm³/mol. The summed E-state index contributed by atoms with van der Waals surface area (Å²) in [6, 6.07) is 7.88. The maximum atomic E-state index is 12.1. The van der Waals surface area contributed by atoms with Crippen molar-refractivity contribution < 1.29 is 9.53 Å². The van der Waals surface area contributed by atoms with Crippen molar-refractivity contribution in [1.29, 1.82) is 0 Å². The number of aryl methyl sites for hydroxylation is 1. The largest absolute Gasteiger partial charge is 0.497 e. The molecule has 7 nitrogen and oxygen atoms in total. The first-order chi connectivity index (χ1) is 10.5. The first kappa shape index (κ1) is 16.0. The lowest BCUT2D eigenvalue weighted by Crippen LogP contribution is -2.34. The number of nitrogens with one attached hydrogen (secondary N) is 1. The summed E-state index contributed by atoms with van der Waals surface area (Å²) in [6.07, 6.45) is 1.59. The zero-order valence-corrected chi connectivity index (χ0v) is 13.3. The van der Waals surface area contributed by atoms with Crippen LogP contribution in [0.4, 0.5) is 0 Å². The van der Waals surface area contributed by atoms with Crippen molar-refractivity contribution in [2.24, 2.45) is 7.05 Å². The molecular formula is C15H21N5O2. The van der Waals surface area contributed by atoms with E-state index in [1.165, 1.54) is 4.68 Å². The smallest absolute Gasteiger partial charge is 0.273 e. The van der Waals surface area contributed by atoms with Crippen LogP contribution in [0.5, 0.6) is 5.75 Å². The number of benzene rings is 1. The molecule has 1 unspecified atom stereocenters. The average molecular weight is 303 g/mol. The van der Waals surface area contributed by atoms with E-state index in [1.54, 1.807) is 20.4 Å². The van der Waals surface area contributed by atoms with Crippen molar-refractivity contribution in [2.75, 3.05) is 27.7 Å². The molecule has 0 bridgehead atoms. The van der Waals surface area contributed by atoms with Crippen LogP contribution in [0.2, 0.25) is 0 Å². The molecule has 0 saturated heterocycles. The van der Waals surface area contributed by atoms with Crippen LogP contribution in [0.15, 0.2) is 30.5 Å². The molecule has 118 valence electrons. The topological polar surface area (TPSA) is 72.3 Å². The van der Waals surface area contributed by atoms with Crippen molar-refractivity contribution in [2.45, 2.75) is 6.04 Å². The highest BCUT2D eigenvalue weighted by molar-refractivity contribution is 5.91. The molecule has 22 heavy (non-hydrogen) atoms. The molecule has 0 aliphatic rings. The first-order valence-corrected chi connectivity index (χ1v) is 6.96. The van der Waals surface area contributed by atoms with Gasteiger partial charge in [0.2, 0.25) is 0 Å². The van der Waals surface area contributed by atoms with Crippen LogP contribution in [-0.4, -0.2) is 53.6 Å². The van der Waals surface area contributed by atoms with Gasteiger partial charge in [0.15, 0.2) is 5.69 Å². The lowest BCUT2D eigenvalue weighted by atomic mass is 10.1. The van der Waals surface area contributed by atoms with Gasteiger partial charge in [-0.15, -0.1) is 5.10 Å². The van der Waals surface area contributed by atoms with E-state index in [0.29, 0.717) is 12.2 Å². The molecule has 1 N–H and O–H groups in total. The van der Waals surface area contributed by atoms with E-state index in [-0.39, 0.29) is 11.9 Å². The van der Waals surface area contributed by atoms with Crippen molar-refractivity contribution in [3.63, 3.8) is 0 Å². The molecule has 2 aromatic rings. The monoisotopic (exact) mass is 303 g/mol. The van der Waals surface area contributed by atoms with Crippen LogP contribution in [0.25, 0.3) is 0 Å². The zero-order chi connectivity index (χ0) is 16.1. The van der Waals surface area contributed by atoms with Gasteiger partial charge in [-0.3, -0.25) is 9.48 Å². The van der Waals surface area contributed by atoms with Crippen LogP contribution in [0.1, 0.15) is 22.1 Å². The van der Waals surface area contributed by atoms with E-state index < -0.39 is 0 Å². The fourth-order valence-electron chi connectivity index (χ4n) is 2.16. The van der Waals surface area contributed by atoms with E-state index in [4.69, 9.17) is 4.74 Å². The molecule has 0 aliphatic carbocycles. The third-order valence-electron chi connectivity index (χ3n) is 3.42. The quantitative estimate of drug-likeness (QED) is 0.857. The standard InChI is InChI=1S/C15H21N5O2/c1-19(2)14(11-5-7-12(22-4)8-6-11)9-16-15(21)13-10-20(3)18-17-13/h5-8,10,14H,9H2,1-4H3,(H,16,21). The Kier molecular flexibility index (Phi) is 5.11. The van der Waals surface area contributed by atoms with Gasteiger partial charge < -0.3 is 15.0 Å². The molecule has 1 atom stereocenters. The number of aromatic nitrogens is 3. The second kappa shape index (κ2) is 7.04. The van der Waals surface area contributed by atoms with Gasteiger partial charge in [-0.05, 0) is 31.8 Å². The molecule has 1 aromatic carbocycles. The van der Waals surface area contributed by atoms with Gasteiger partial charge in [0.1, 0.15) is 5.75 Å². The van der Waals surface area contributed by atoms with Gasteiger partial charge in [0.05, 0.1) is 19.3 Å². The molecule has 1 amide bonds. The maximum absolute atomic E-state index is 12.1. The fourth-order valence-corrected chi connectivity index (χ4v) is 2.16. The lowest BCUT2D eigenvalue weighted by molar-refractivity contribution is 0.0937. The molecule has 0 fully saturated rings. The second-order valence-corrected chi connectivity index (χ2v) is 5.24. The fraction of sp³-hybridized carbons (Fsp3) is 0.400. The zero-order valence-electron chi connectivity index (χ0n) is 13.3. The summed E-state index contributed by atoms with van der Waals surface area (Å²) in [5.41, 5.74) is 1.42. The molecule has 0 spiro atoms. The number of ether oxygens (including phenoxy) is 1. The number of likely N-dealkylation sites (N-methyl/N-ethyl adjacent to an activating group) is 1. The number of methoxy groups -OCH3 is 1. The van der Waals surface area contributed by atoms with Gasteiger partial charge >= 0.3 is 0 Å². The van der Waals surface area contributed by atoms with Crippen LogP contribution < -0.4 is 10.1 Å². The minimum absolute atomic E-state index is 0.0616. The number of amides is 1. The normalized spacial score (nSPS) is 12.2. The molecule has 0 aliphatic heterocycles. The molecule has 2 rings (SSSR count). The highest BCUT2D eigenvalue weighted by Crippen LogP contribution is 2.20. The summed E-state index contributed by atoms with van der Waals surface area (Å²) in [5.74, 6) is 0.582. The summed E-state index contributed by atoms with van der Waals surface area (Å²) in [5, 5.41) is 10.5. The SMILES string of the molecule is COc1ccc(C(CNC(=O)c2cn(C)nn2)N(C)C)cc1. The summed E-state index contributed by atoms with van der Waals surface area (Å²) in [6.45, 7) is 0.481. The van der Waals surface area contributed by atoms with E-state index in [9.17, 15) is 4.79 Å². The van der Waals surface area contributed by atoms with Gasteiger partial charge in [-0.2, -0.15) is 0 Å². The Morgan fingerprint density at radius 1 is 1.36 bits per heavy atom. The predicted octanol–water partition coefficient (Wildman–Crippen LogP) is 0.856. The molecular weight excluding hydrogens is 282 g/mol. The van der Waals surface area contributed by atoms with Gasteiger partial charge in [-0.1, -0.05) is 17.3 Å². The summed E-state index contributed by atoms with van der Waals surface area (Å²) >= 11 is 0. The number of nitrogens with zero attached hydrogens (tertiary/aromatic N) is 4. The highest BCUT2D eigenvalue weighted by Gasteiger charge is 2.17. The minimum atomic E-state index is -0.228. The van der Waals surface area contributed by atoms with Crippen LogP contribution >= 0.6 is 0 Å². The first-order valence-electron chi connectivity index (χ1n) is 6.96.